The number of nitrogens with zero attached hydrogens (tertiary/aromatic N) is 3. The highest BCUT2D eigenvalue weighted by Crippen LogP contribution is 2.18. The van der Waals surface area contributed by atoms with Crippen molar-refractivity contribution >= 4 is 51.6 Å². The predicted molar refractivity (Wildman–Crippen MR) is 118 cm³/mol. The Balaban J connectivity index is 1.49. The normalized spacial score (nSPS) is 11.9. The lowest BCUT2D eigenvalue weighted by Gasteiger charge is -2.10. The number of aryl methyl sites for hydroxylation is 2. The highest BCUT2D eigenvalue weighted by molar-refractivity contribution is 7.16. The van der Waals surface area contributed by atoms with Gasteiger partial charge in [-0.1, -0.05) is 29.5 Å². The molecule has 0 atom stereocenters. The Morgan fingerprint density at radius 3 is 2.83 bits per heavy atom. The Hall–Kier alpha value is -3.21. The molecule has 0 bridgehead atoms. The maximum atomic E-state index is 12.4. The number of benzene rings is 2. The van der Waals surface area contributed by atoms with Crippen molar-refractivity contribution in [3.63, 3.8) is 0 Å². The second-order valence-corrected chi connectivity index (χ2v) is 7.84. The zero-order valence-electron chi connectivity index (χ0n) is 16.1. The molecule has 2 heterocycles. The molecular formula is C20H19BN4O4S. The summed E-state index contributed by atoms with van der Waals surface area (Å²) in [6.45, 7) is 0.200. The zero-order valence-corrected chi connectivity index (χ0v) is 17.0. The van der Waals surface area contributed by atoms with Crippen molar-refractivity contribution in [1.29, 1.82) is 0 Å². The summed E-state index contributed by atoms with van der Waals surface area (Å²) in [4.78, 5) is 24.5. The number of aromatic nitrogens is 3. The molecule has 3 N–H and O–H groups in total. The number of thiazole rings is 1. The van der Waals surface area contributed by atoms with Gasteiger partial charge in [-0.05, 0) is 35.9 Å². The summed E-state index contributed by atoms with van der Waals surface area (Å²) in [5.74, 6) is -0.418. The number of para-hydroxylation sites is 1. The second kappa shape index (κ2) is 8.27. The smallest absolute Gasteiger partial charge is 0.422 e. The van der Waals surface area contributed by atoms with Gasteiger partial charge in [0.2, 0.25) is 5.91 Å². The first kappa shape index (κ1) is 20.1. The number of hydrogen-bond acceptors (Lipinski definition) is 6. The number of fused-ring (bicyclic) bond motifs is 2. The van der Waals surface area contributed by atoms with Gasteiger partial charge in [0, 0.05) is 31.0 Å². The molecule has 0 unspecified atom stereocenters. The fourth-order valence-corrected chi connectivity index (χ4v) is 4.21. The number of carbonyl (C=O) groups excluding carboxylic acids is 1. The number of carbonyl (C=O) groups is 1. The minimum atomic E-state index is -1.84. The van der Waals surface area contributed by atoms with Crippen LogP contribution >= 0.6 is 11.3 Å². The molecule has 152 valence electrons. The van der Waals surface area contributed by atoms with E-state index in [0.717, 1.165) is 32.5 Å². The van der Waals surface area contributed by atoms with Crippen LogP contribution in [-0.2, 0) is 18.4 Å². The lowest BCUT2D eigenvalue weighted by Crippen LogP contribution is -2.33. The van der Waals surface area contributed by atoms with Gasteiger partial charge in [-0.3, -0.25) is 18.8 Å². The molecular weight excluding hydrogens is 403 g/mol. The van der Waals surface area contributed by atoms with Gasteiger partial charge >= 0.3 is 12.0 Å². The third-order valence-electron chi connectivity index (χ3n) is 4.79. The van der Waals surface area contributed by atoms with E-state index in [2.05, 4.69) is 10.4 Å². The maximum absolute atomic E-state index is 12.4. The average molecular weight is 422 g/mol. The van der Waals surface area contributed by atoms with Gasteiger partial charge < -0.3 is 15.4 Å². The topological polar surface area (TPSA) is 109 Å². The Bertz CT molecular complexity index is 1320. The van der Waals surface area contributed by atoms with E-state index in [0.29, 0.717) is 5.56 Å². The second-order valence-electron chi connectivity index (χ2n) is 6.85. The third kappa shape index (κ3) is 4.06. The minimum Gasteiger partial charge on any atom is -0.422 e. The van der Waals surface area contributed by atoms with Crippen LogP contribution in [0.1, 0.15) is 12.0 Å². The van der Waals surface area contributed by atoms with E-state index < -0.39 is 13.0 Å². The number of amides is 1. The highest BCUT2D eigenvalue weighted by atomic mass is 32.1. The van der Waals surface area contributed by atoms with Crippen molar-refractivity contribution in [1.82, 2.24) is 19.7 Å². The molecule has 0 fully saturated rings. The van der Waals surface area contributed by atoms with Gasteiger partial charge in [0.25, 0.3) is 0 Å². The molecule has 10 heteroatoms. The van der Waals surface area contributed by atoms with Crippen LogP contribution in [0, 0.1) is 0 Å². The average Bonchev–Trinajstić information content (AvgIpc) is 3.24. The van der Waals surface area contributed by atoms with E-state index in [1.165, 1.54) is 6.08 Å². The largest absolute Gasteiger partial charge is 0.505 e. The van der Waals surface area contributed by atoms with Gasteiger partial charge in [-0.2, -0.15) is 5.10 Å². The summed E-state index contributed by atoms with van der Waals surface area (Å²) >= 11 is 1.13. The first-order valence-electron chi connectivity index (χ1n) is 9.30. The fourth-order valence-electron chi connectivity index (χ4n) is 3.29. The zero-order chi connectivity index (χ0) is 21.3. The number of nitrogens with one attached hydrogen (secondary N) is 1. The molecule has 2 aromatic heterocycles. The lowest BCUT2D eigenvalue weighted by atomic mass is 9.84. The SMILES string of the molecule is Cn1ncc2cc(/C=C(/NC(=O)CCn3c(=O)sc4ccccc43)B(O)O)ccc21. The van der Waals surface area contributed by atoms with Crippen molar-refractivity contribution in [2.45, 2.75) is 13.0 Å². The van der Waals surface area contributed by atoms with Crippen molar-refractivity contribution in [2.24, 2.45) is 7.05 Å². The Morgan fingerprint density at radius 2 is 2.03 bits per heavy atom. The summed E-state index contributed by atoms with van der Waals surface area (Å²) in [6.07, 6.45) is 3.23. The van der Waals surface area contributed by atoms with Crippen LogP contribution in [0.15, 0.2) is 59.1 Å². The predicted octanol–water partition coefficient (Wildman–Crippen LogP) is 1.51. The van der Waals surface area contributed by atoms with E-state index in [1.54, 1.807) is 21.5 Å². The molecule has 4 aromatic rings. The molecule has 0 saturated heterocycles. The van der Waals surface area contributed by atoms with E-state index in [9.17, 15) is 19.6 Å². The van der Waals surface area contributed by atoms with Crippen LogP contribution in [0.4, 0.5) is 0 Å². The van der Waals surface area contributed by atoms with Crippen LogP contribution in [0.2, 0.25) is 0 Å². The molecule has 8 nitrogen and oxygen atoms in total. The summed E-state index contributed by atoms with van der Waals surface area (Å²) < 4.78 is 4.15. The Kier molecular flexibility index (Phi) is 5.54. The van der Waals surface area contributed by atoms with E-state index in [4.69, 9.17) is 0 Å². The monoisotopic (exact) mass is 422 g/mol. The molecule has 0 aliphatic rings. The minimum absolute atomic E-state index is 0.0202. The van der Waals surface area contributed by atoms with Gasteiger partial charge in [-0.25, -0.2) is 0 Å². The summed E-state index contributed by atoms with van der Waals surface area (Å²) in [5.41, 5.74) is 2.38. The highest BCUT2D eigenvalue weighted by Gasteiger charge is 2.18. The van der Waals surface area contributed by atoms with Crippen molar-refractivity contribution < 1.29 is 14.8 Å². The molecule has 30 heavy (non-hydrogen) atoms. The molecule has 0 aliphatic heterocycles. The van der Waals surface area contributed by atoms with Crippen LogP contribution in [0.3, 0.4) is 0 Å². The molecule has 0 radical (unpaired) electrons. The van der Waals surface area contributed by atoms with Crippen LogP contribution in [-0.4, -0.2) is 37.4 Å². The van der Waals surface area contributed by atoms with Crippen LogP contribution in [0.5, 0.6) is 0 Å². The van der Waals surface area contributed by atoms with Crippen molar-refractivity contribution in [2.75, 3.05) is 0 Å². The van der Waals surface area contributed by atoms with Crippen LogP contribution in [0.25, 0.3) is 27.2 Å². The standard InChI is InChI=1S/C20H19BN4O4S/c1-24-15-7-6-13(10-14(15)12-22-24)11-18(21(28)29)23-19(26)8-9-25-16-4-2-3-5-17(16)30-20(25)27/h2-7,10-12,28-29H,8-9H2,1H3,(H,23,26)/b18-11+. The summed E-state index contributed by atoms with van der Waals surface area (Å²) in [7, 11) is -0.00792. The maximum Gasteiger partial charge on any atom is 0.505 e. The van der Waals surface area contributed by atoms with E-state index in [-0.39, 0.29) is 23.4 Å². The summed E-state index contributed by atoms with van der Waals surface area (Å²) in [5, 5.41) is 27.0. The number of hydrogen-bond donors (Lipinski definition) is 3. The first-order chi connectivity index (χ1) is 14.4. The fraction of sp³-hybridized carbons (Fsp3) is 0.150. The number of rotatable bonds is 6. The van der Waals surface area contributed by atoms with Crippen molar-refractivity contribution in [3.05, 3.63) is 69.5 Å². The van der Waals surface area contributed by atoms with Gasteiger partial charge in [0.1, 0.15) is 0 Å². The Morgan fingerprint density at radius 1 is 1.23 bits per heavy atom. The van der Waals surface area contributed by atoms with Gasteiger partial charge in [0.05, 0.1) is 21.9 Å². The molecule has 1 amide bonds. The van der Waals surface area contributed by atoms with E-state index in [1.807, 2.05) is 43.4 Å². The van der Waals surface area contributed by atoms with Crippen LogP contribution < -0.4 is 10.2 Å². The molecule has 0 aliphatic carbocycles. The molecule has 4 rings (SSSR count). The van der Waals surface area contributed by atoms with Gasteiger partial charge in [-0.15, -0.1) is 0 Å². The Labute approximate surface area is 175 Å². The van der Waals surface area contributed by atoms with Crippen molar-refractivity contribution in [3.8, 4) is 0 Å². The molecule has 2 aromatic carbocycles. The summed E-state index contributed by atoms with van der Waals surface area (Å²) in [6, 6.07) is 12.9. The quantitative estimate of drug-likeness (QED) is 0.408. The molecule has 0 saturated carbocycles. The molecule has 0 spiro atoms. The van der Waals surface area contributed by atoms with E-state index >= 15 is 0 Å². The third-order valence-corrected chi connectivity index (χ3v) is 5.75. The van der Waals surface area contributed by atoms with Gasteiger partial charge in [0.15, 0.2) is 0 Å². The lowest BCUT2D eigenvalue weighted by molar-refractivity contribution is -0.120. The first-order valence-corrected chi connectivity index (χ1v) is 10.1.